The quantitative estimate of drug-likeness (QED) is 0.689. The normalized spacial score (nSPS) is 14.6. The van der Waals surface area contributed by atoms with Crippen molar-refractivity contribution in [2.75, 3.05) is 18.4 Å². The third-order valence-corrected chi connectivity index (χ3v) is 3.02. The van der Waals surface area contributed by atoms with Gasteiger partial charge in [-0.15, -0.1) is 0 Å². The van der Waals surface area contributed by atoms with Crippen LogP contribution in [0.15, 0.2) is 18.2 Å². The zero-order valence-corrected chi connectivity index (χ0v) is 11.3. The van der Waals surface area contributed by atoms with Crippen molar-refractivity contribution in [2.45, 2.75) is 0 Å². The molecule has 1 aliphatic rings. The number of nitrogens with one attached hydrogen (secondary N) is 2. The Balaban J connectivity index is 2.15. The second-order valence-corrected chi connectivity index (χ2v) is 4.66. The highest BCUT2D eigenvalue weighted by Crippen LogP contribution is 2.23. The molecule has 0 atom stereocenters. The maximum Gasteiger partial charge on any atom is 0.335 e. The van der Waals surface area contributed by atoms with Crippen molar-refractivity contribution in [3.8, 4) is 0 Å². The van der Waals surface area contributed by atoms with Crippen LogP contribution in [0, 0.1) is 0 Å². The molecule has 0 unspecified atom stereocenters. The number of hydrogen-bond donors (Lipinski definition) is 3. The van der Waals surface area contributed by atoms with Gasteiger partial charge in [0.15, 0.2) is 0 Å². The van der Waals surface area contributed by atoms with E-state index in [0.29, 0.717) is 0 Å². The van der Waals surface area contributed by atoms with Gasteiger partial charge >= 0.3 is 12.0 Å². The first-order valence-corrected chi connectivity index (χ1v) is 6.16. The monoisotopic (exact) mass is 311 g/mol. The van der Waals surface area contributed by atoms with E-state index in [-0.39, 0.29) is 29.4 Å². The Hall–Kier alpha value is -2.61. The Labute approximate surface area is 123 Å². The lowest BCUT2D eigenvalue weighted by Crippen LogP contribution is -2.54. The Kier molecular flexibility index (Phi) is 4.08. The molecule has 1 aromatic carbocycles. The number of carboxylic acid groups (broad SMARTS) is 1. The molecule has 1 aromatic rings. The summed E-state index contributed by atoms with van der Waals surface area (Å²) in [6.07, 6.45) is 0. The fraction of sp³-hybridized carbons (Fsp3) is 0.167. The van der Waals surface area contributed by atoms with Crippen molar-refractivity contribution in [2.24, 2.45) is 0 Å². The molecule has 2 rings (SSSR count). The topological polar surface area (TPSA) is 116 Å². The molecule has 0 saturated carbocycles. The van der Waals surface area contributed by atoms with E-state index in [1.807, 2.05) is 0 Å². The first kappa shape index (κ1) is 14.8. The molecule has 0 aromatic heterocycles. The third-order valence-electron chi connectivity index (χ3n) is 2.69. The van der Waals surface area contributed by atoms with Crippen LogP contribution in [0.1, 0.15) is 10.4 Å². The second-order valence-electron chi connectivity index (χ2n) is 4.26. The minimum Gasteiger partial charge on any atom is -0.478 e. The number of carbonyl (C=O) groups excluding carboxylic acids is 3. The van der Waals surface area contributed by atoms with E-state index in [4.69, 9.17) is 16.7 Å². The van der Waals surface area contributed by atoms with E-state index in [2.05, 4.69) is 10.6 Å². The lowest BCUT2D eigenvalue weighted by molar-refractivity contribution is -0.134. The van der Waals surface area contributed by atoms with Gasteiger partial charge in [-0.3, -0.25) is 14.9 Å². The zero-order valence-electron chi connectivity index (χ0n) is 10.6. The lowest BCUT2D eigenvalue weighted by Gasteiger charge is -2.25. The summed E-state index contributed by atoms with van der Waals surface area (Å²) in [7, 11) is 0. The lowest BCUT2D eigenvalue weighted by atomic mass is 10.2. The number of imide groups is 1. The SMILES string of the molecule is O=C1CN(C(=O)Nc2cc(C(=O)O)ccc2Cl)CC(=O)N1. The highest BCUT2D eigenvalue weighted by Gasteiger charge is 2.26. The maximum atomic E-state index is 12.0. The molecule has 1 fully saturated rings. The summed E-state index contributed by atoms with van der Waals surface area (Å²) >= 11 is 5.87. The molecule has 1 saturated heterocycles. The molecular weight excluding hydrogens is 302 g/mol. The van der Waals surface area contributed by atoms with E-state index in [9.17, 15) is 19.2 Å². The summed E-state index contributed by atoms with van der Waals surface area (Å²) in [5, 5.41) is 13.5. The number of piperazine rings is 1. The standard InChI is InChI=1S/C12H10ClN3O5/c13-7-2-1-6(11(19)20)3-8(7)14-12(21)16-4-9(17)15-10(18)5-16/h1-3H,4-5H2,(H,14,21)(H,19,20)(H,15,17,18). The number of urea groups is 1. The van der Waals surface area contributed by atoms with Crippen LogP contribution < -0.4 is 10.6 Å². The molecular formula is C12H10ClN3O5. The summed E-state index contributed by atoms with van der Waals surface area (Å²) in [4.78, 5) is 46.2. The van der Waals surface area contributed by atoms with Gasteiger partial charge in [-0.25, -0.2) is 9.59 Å². The van der Waals surface area contributed by atoms with Crippen LogP contribution in [0.25, 0.3) is 0 Å². The zero-order chi connectivity index (χ0) is 15.6. The van der Waals surface area contributed by atoms with Crippen molar-refractivity contribution in [3.63, 3.8) is 0 Å². The van der Waals surface area contributed by atoms with Crippen molar-refractivity contribution in [3.05, 3.63) is 28.8 Å². The minimum atomic E-state index is -1.17. The summed E-state index contributed by atoms with van der Waals surface area (Å²) in [5.41, 5.74) is 0.0298. The minimum absolute atomic E-state index is 0.0536. The van der Waals surface area contributed by atoms with Crippen molar-refractivity contribution in [1.29, 1.82) is 0 Å². The van der Waals surface area contributed by atoms with Gasteiger partial charge in [0.2, 0.25) is 11.8 Å². The van der Waals surface area contributed by atoms with Gasteiger partial charge in [0.05, 0.1) is 16.3 Å². The van der Waals surface area contributed by atoms with Crippen LogP contribution in [0.5, 0.6) is 0 Å². The van der Waals surface area contributed by atoms with E-state index < -0.39 is 23.8 Å². The molecule has 110 valence electrons. The van der Waals surface area contributed by atoms with Gasteiger partial charge in [0, 0.05) is 0 Å². The first-order valence-electron chi connectivity index (χ1n) is 5.78. The molecule has 0 aliphatic carbocycles. The molecule has 1 heterocycles. The van der Waals surface area contributed by atoms with Gasteiger partial charge in [0.1, 0.15) is 13.1 Å². The van der Waals surface area contributed by atoms with Crippen LogP contribution >= 0.6 is 11.6 Å². The third kappa shape index (κ3) is 3.48. The van der Waals surface area contributed by atoms with E-state index in [1.54, 1.807) is 0 Å². The van der Waals surface area contributed by atoms with Crippen molar-refractivity contribution >= 4 is 41.1 Å². The van der Waals surface area contributed by atoms with E-state index in [1.165, 1.54) is 18.2 Å². The van der Waals surface area contributed by atoms with Crippen LogP contribution in [-0.2, 0) is 9.59 Å². The predicted octanol–water partition coefficient (Wildman–Crippen LogP) is 0.529. The van der Waals surface area contributed by atoms with Gasteiger partial charge in [-0.1, -0.05) is 11.6 Å². The fourth-order valence-electron chi connectivity index (χ4n) is 1.73. The Morgan fingerprint density at radius 1 is 1.24 bits per heavy atom. The average Bonchev–Trinajstić information content (AvgIpc) is 2.39. The van der Waals surface area contributed by atoms with Crippen molar-refractivity contribution in [1.82, 2.24) is 10.2 Å². The number of rotatable bonds is 2. The highest BCUT2D eigenvalue weighted by molar-refractivity contribution is 6.33. The highest BCUT2D eigenvalue weighted by atomic mass is 35.5. The number of halogens is 1. The van der Waals surface area contributed by atoms with Gasteiger partial charge in [-0.2, -0.15) is 0 Å². The summed E-state index contributed by atoms with van der Waals surface area (Å²) in [5.74, 6) is -2.35. The number of anilines is 1. The van der Waals surface area contributed by atoms with Gasteiger partial charge < -0.3 is 15.3 Å². The second kappa shape index (κ2) is 5.80. The number of carbonyl (C=O) groups is 4. The smallest absolute Gasteiger partial charge is 0.335 e. The van der Waals surface area contributed by atoms with Crippen molar-refractivity contribution < 1.29 is 24.3 Å². The number of hydrogen-bond acceptors (Lipinski definition) is 4. The Bertz CT molecular complexity index is 630. The fourth-order valence-corrected chi connectivity index (χ4v) is 1.89. The van der Waals surface area contributed by atoms with Gasteiger partial charge in [-0.05, 0) is 18.2 Å². The number of amides is 4. The summed E-state index contributed by atoms with van der Waals surface area (Å²) in [6.45, 7) is -0.540. The maximum absolute atomic E-state index is 12.0. The number of carboxylic acids is 1. The molecule has 0 spiro atoms. The summed E-state index contributed by atoms with van der Waals surface area (Å²) in [6, 6.07) is 3.09. The molecule has 9 heteroatoms. The number of benzene rings is 1. The van der Waals surface area contributed by atoms with Crippen LogP contribution in [0.4, 0.5) is 10.5 Å². The van der Waals surface area contributed by atoms with Gasteiger partial charge in [0.25, 0.3) is 0 Å². The first-order chi connectivity index (χ1) is 9.86. The van der Waals surface area contributed by atoms with Crippen LogP contribution in [0.2, 0.25) is 5.02 Å². The molecule has 1 aliphatic heterocycles. The van der Waals surface area contributed by atoms with Crippen LogP contribution in [-0.4, -0.2) is 46.9 Å². The number of nitrogens with zero attached hydrogens (tertiary/aromatic N) is 1. The molecule has 3 N–H and O–H groups in total. The Morgan fingerprint density at radius 2 is 1.86 bits per heavy atom. The predicted molar refractivity (Wildman–Crippen MR) is 72.2 cm³/mol. The summed E-state index contributed by atoms with van der Waals surface area (Å²) < 4.78 is 0. The Morgan fingerprint density at radius 3 is 2.43 bits per heavy atom. The molecule has 8 nitrogen and oxygen atoms in total. The van der Waals surface area contributed by atoms with E-state index in [0.717, 1.165) is 4.90 Å². The molecule has 0 radical (unpaired) electrons. The molecule has 21 heavy (non-hydrogen) atoms. The molecule has 4 amide bonds. The molecule has 0 bridgehead atoms. The van der Waals surface area contributed by atoms with Crippen LogP contribution in [0.3, 0.4) is 0 Å². The average molecular weight is 312 g/mol. The largest absolute Gasteiger partial charge is 0.478 e. The number of aromatic carboxylic acids is 1. The van der Waals surface area contributed by atoms with E-state index >= 15 is 0 Å².